The zero-order chi connectivity index (χ0) is 38.9. The summed E-state index contributed by atoms with van der Waals surface area (Å²) in [7, 11) is 0. The molecule has 2 fully saturated rings. The van der Waals surface area contributed by atoms with Gasteiger partial charge >= 0.3 is 5.97 Å². The second-order valence-electron chi connectivity index (χ2n) is 17.3. The molecule has 0 bridgehead atoms. The molecule has 4 N–H and O–H groups in total. The number of amides is 3. The third-order valence-corrected chi connectivity index (χ3v) is 11.1. The average Bonchev–Trinajstić information content (AvgIpc) is 3.12. The number of hydrogen-bond acceptors (Lipinski definition) is 6. The van der Waals surface area contributed by atoms with Crippen LogP contribution in [0.15, 0.2) is 24.3 Å². The Bertz CT molecular complexity index is 1270. The topological polar surface area (TPSA) is 142 Å². The molecule has 300 valence electrons. The van der Waals surface area contributed by atoms with E-state index in [4.69, 9.17) is 15.6 Å². The van der Waals surface area contributed by atoms with Crippen molar-refractivity contribution >= 4 is 23.7 Å². The van der Waals surface area contributed by atoms with Gasteiger partial charge in [0.05, 0.1) is 18.8 Å². The minimum atomic E-state index is -1.00. The number of nitrogens with zero attached hydrogens (tertiary/aromatic N) is 2. The molecule has 0 radical (unpaired) electrons. The van der Waals surface area contributed by atoms with Crippen molar-refractivity contribution in [1.29, 1.82) is 0 Å². The van der Waals surface area contributed by atoms with Crippen LogP contribution in [0.2, 0.25) is 0 Å². The summed E-state index contributed by atoms with van der Waals surface area (Å²) in [4.78, 5) is 55.2. The van der Waals surface area contributed by atoms with Crippen LogP contribution in [0, 0.1) is 12.3 Å². The number of hydrogen-bond donors (Lipinski definition) is 3. The number of nitrogens with one attached hydrogen (secondary N) is 1. The number of nitrogens with two attached hydrogens (primary N) is 1. The molecule has 0 spiro atoms. The van der Waals surface area contributed by atoms with E-state index in [0.717, 1.165) is 44.9 Å². The highest BCUT2D eigenvalue weighted by atomic mass is 16.5. The van der Waals surface area contributed by atoms with Crippen molar-refractivity contribution in [2.45, 2.75) is 180 Å². The molecule has 10 heteroatoms. The van der Waals surface area contributed by atoms with Crippen LogP contribution in [-0.4, -0.2) is 88.6 Å². The van der Waals surface area contributed by atoms with Crippen LogP contribution in [0.25, 0.3) is 0 Å². The zero-order valence-corrected chi connectivity index (χ0v) is 33.8. The highest BCUT2D eigenvalue weighted by Gasteiger charge is 2.38. The Morgan fingerprint density at radius 1 is 0.811 bits per heavy atom. The largest absolute Gasteiger partial charge is 0.480 e. The van der Waals surface area contributed by atoms with Crippen molar-refractivity contribution in [2.75, 3.05) is 26.3 Å². The van der Waals surface area contributed by atoms with Crippen LogP contribution < -0.4 is 11.1 Å². The van der Waals surface area contributed by atoms with E-state index in [1.165, 1.54) is 36.8 Å². The predicted octanol–water partition coefficient (Wildman–Crippen LogP) is 7.33. The molecule has 2 aliphatic carbocycles. The number of aliphatic carboxylic acids is 1. The van der Waals surface area contributed by atoms with Gasteiger partial charge in [0.2, 0.25) is 17.7 Å². The number of ether oxygens (including phenoxy) is 1. The third-order valence-electron chi connectivity index (χ3n) is 11.1. The average molecular weight is 741 g/mol. The Morgan fingerprint density at radius 3 is 2.04 bits per heavy atom. The Kier molecular flexibility index (Phi) is 18.8. The molecule has 0 heterocycles. The number of carboxylic acids is 1. The number of benzene rings is 1. The standard InChI is InChI=1S/C43H72N4O6/c1-33-23-25-34(26-24-33)27-28-39(49)46(35-16-8-6-9-17-35)30-42(2,3)31-53-32-43(4,5)47(36-18-10-7-11-19-36)40(50)22-13-12-21-38(48)45-29-15-14-20-37(44)41(51)52/h23-26,35-37H,6-22,27-32,44H2,1-5H3,(H,45,48)(H,51,52)/t37-/m0/s1. The van der Waals surface area contributed by atoms with Crippen LogP contribution in [0.3, 0.4) is 0 Å². The normalized spacial score (nSPS) is 16.6. The molecule has 53 heavy (non-hydrogen) atoms. The van der Waals surface area contributed by atoms with Gasteiger partial charge < -0.3 is 30.7 Å². The summed E-state index contributed by atoms with van der Waals surface area (Å²) in [5.41, 5.74) is 7.21. The van der Waals surface area contributed by atoms with Gasteiger partial charge in [-0.3, -0.25) is 19.2 Å². The van der Waals surface area contributed by atoms with Gasteiger partial charge in [-0.1, -0.05) is 82.2 Å². The lowest BCUT2D eigenvalue weighted by Gasteiger charge is -2.46. The van der Waals surface area contributed by atoms with E-state index in [1.807, 2.05) is 0 Å². The summed E-state index contributed by atoms with van der Waals surface area (Å²) in [5.74, 6) is -0.690. The predicted molar refractivity (Wildman–Crippen MR) is 211 cm³/mol. The van der Waals surface area contributed by atoms with Crippen molar-refractivity contribution in [3.63, 3.8) is 0 Å². The summed E-state index contributed by atoms with van der Waals surface area (Å²) in [6.45, 7) is 12.8. The molecule has 1 atom stereocenters. The first-order valence-electron chi connectivity index (χ1n) is 20.7. The fourth-order valence-corrected chi connectivity index (χ4v) is 8.10. The lowest BCUT2D eigenvalue weighted by molar-refractivity contribution is -0.146. The lowest BCUT2D eigenvalue weighted by atomic mass is 9.88. The third kappa shape index (κ3) is 16.1. The van der Waals surface area contributed by atoms with E-state index >= 15 is 0 Å². The Morgan fingerprint density at radius 2 is 1.42 bits per heavy atom. The fraction of sp³-hybridized carbons (Fsp3) is 0.767. The van der Waals surface area contributed by atoms with Gasteiger partial charge in [0, 0.05) is 49.9 Å². The van der Waals surface area contributed by atoms with E-state index in [2.05, 4.69) is 74.0 Å². The maximum Gasteiger partial charge on any atom is 0.320 e. The minimum Gasteiger partial charge on any atom is -0.480 e. The molecule has 1 aromatic carbocycles. The maximum absolute atomic E-state index is 13.9. The van der Waals surface area contributed by atoms with Crippen molar-refractivity contribution < 1.29 is 29.0 Å². The molecule has 3 amide bonds. The smallest absolute Gasteiger partial charge is 0.320 e. The molecule has 2 saturated carbocycles. The van der Waals surface area contributed by atoms with Crippen LogP contribution >= 0.6 is 0 Å². The van der Waals surface area contributed by atoms with Crippen LogP contribution in [-0.2, 0) is 30.3 Å². The second-order valence-corrected chi connectivity index (χ2v) is 17.3. The fourth-order valence-electron chi connectivity index (χ4n) is 8.10. The molecule has 0 saturated heterocycles. The van der Waals surface area contributed by atoms with Gasteiger partial charge in [-0.05, 0) is 90.5 Å². The highest BCUT2D eigenvalue weighted by molar-refractivity contribution is 5.78. The summed E-state index contributed by atoms with van der Waals surface area (Å²) in [6.07, 6.45) is 16.2. The van der Waals surface area contributed by atoms with E-state index < -0.39 is 17.6 Å². The monoisotopic (exact) mass is 741 g/mol. The molecule has 0 unspecified atom stereocenters. The summed E-state index contributed by atoms with van der Waals surface area (Å²) >= 11 is 0. The summed E-state index contributed by atoms with van der Waals surface area (Å²) < 4.78 is 6.51. The number of carbonyl (C=O) groups is 4. The minimum absolute atomic E-state index is 0.0458. The van der Waals surface area contributed by atoms with Crippen LogP contribution in [0.5, 0.6) is 0 Å². The Labute approximate surface area is 320 Å². The SMILES string of the molecule is Cc1ccc(CCC(=O)N(CC(C)(C)COCC(C)(C)N(C(=O)CCCCC(=O)NCCCC[C@H](N)C(=O)O)C2CCCCC2)C2CCCCC2)cc1. The van der Waals surface area contributed by atoms with E-state index in [1.54, 1.807) is 0 Å². The van der Waals surface area contributed by atoms with Crippen molar-refractivity contribution in [1.82, 2.24) is 15.1 Å². The van der Waals surface area contributed by atoms with Crippen molar-refractivity contribution in [3.8, 4) is 0 Å². The zero-order valence-electron chi connectivity index (χ0n) is 33.8. The van der Waals surface area contributed by atoms with E-state index in [-0.39, 0.29) is 35.2 Å². The van der Waals surface area contributed by atoms with Gasteiger partial charge in [0.15, 0.2) is 0 Å². The molecule has 3 rings (SSSR count). The molecule has 10 nitrogen and oxygen atoms in total. The number of aryl methyl sites for hydroxylation is 2. The Balaban J connectivity index is 1.51. The first-order chi connectivity index (χ1) is 25.2. The second kappa shape index (κ2) is 22.4. The van der Waals surface area contributed by atoms with Gasteiger partial charge in [-0.25, -0.2) is 0 Å². The maximum atomic E-state index is 13.9. The molecule has 1 aromatic rings. The number of carbonyl (C=O) groups excluding carboxylic acids is 3. The lowest BCUT2D eigenvalue weighted by Crippen LogP contribution is -2.56. The van der Waals surface area contributed by atoms with Gasteiger partial charge in [-0.2, -0.15) is 0 Å². The quantitative estimate of drug-likeness (QED) is 0.0998. The molecular formula is C43H72N4O6. The first-order valence-corrected chi connectivity index (χ1v) is 20.7. The van der Waals surface area contributed by atoms with Crippen molar-refractivity contribution in [3.05, 3.63) is 35.4 Å². The molecule has 0 aliphatic heterocycles. The number of unbranched alkanes of at least 4 members (excludes halogenated alkanes) is 2. The van der Waals surface area contributed by atoms with Gasteiger partial charge in [-0.15, -0.1) is 0 Å². The van der Waals surface area contributed by atoms with Crippen LogP contribution in [0.4, 0.5) is 0 Å². The Hall–Kier alpha value is -2.98. The first kappa shape index (κ1) is 44.4. The summed E-state index contributed by atoms with van der Waals surface area (Å²) in [5, 5.41) is 11.8. The van der Waals surface area contributed by atoms with Crippen LogP contribution in [0.1, 0.15) is 154 Å². The highest BCUT2D eigenvalue weighted by Crippen LogP contribution is 2.32. The molecule has 0 aromatic heterocycles. The van der Waals surface area contributed by atoms with Gasteiger partial charge in [0.1, 0.15) is 6.04 Å². The number of rotatable bonds is 23. The molecular weight excluding hydrogens is 668 g/mol. The molecule has 2 aliphatic rings. The van der Waals surface area contributed by atoms with E-state index in [0.29, 0.717) is 77.7 Å². The van der Waals surface area contributed by atoms with Crippen molar-refractivity contribution in [2.24, 2.45) is 11.1 Å². The van der Waals surface area contributed by atoms with Gasteiger partial charge in [0.25, 0.3) is 0 Å². The summed E-state index contributed by atoms with van der Waals surface area (Å²) in [6, 6.07) is 8.09. The number of carboxylic acid groups (broad SMARTS) is 1. The van der Waals surface area contributed by atoms with E-state index in [9.17, 15) is 19.2 Å².